The highest BCUT2D eigenvalue weighted by atomic mass is 16.2. The van der Waals surface area contributed by atoms with Crippen LogP contribution in [0.5, 0.6) is 0 Å². The normalized spacial score (nSPS) is 21.2. The molecule has 6 rings (SSSR count). The minimum Gasteiger partial charge on any atom is -0.383 e. The van der Waals surface area contributed by atoms with Crippen molar-refractivity contribution in [3.05, 3.63) is 54.4 Å². The Labute approximate surface area is 229 Å². The number of nitrogens with zero attached hydrogens (tertiary/aromatic N) is 4. The van der Waals surface area contributed by atoms with Crippen LogP contribution in [0.15, 0.2) is 48.8 Å². The predicted octanol–water partition coefficient (Wildman–Crippen LogP) is 5.32. The molecule has 2 aromatic heterocycles. The Morgan fingerprint density at radius 2 is 1.87 bits per heavy atom. The van der Waals surface area contributed by atoms with Gasteiger partial charge in [0, 0.05) is 42.4 Å². The highest BCUT2D eigenvalue weighted by molar-refractivity contribution is 6.05. The minimum atomic E-state index is -0.204. The number of likely N-dealkylation sites (tertiary alicyclic amines) is 1. The maximum atomic E-state index is 13.5. The van der Waals surface area contributed by atoms with Crippen molar-refractivity contribution in [3.63, 3.8) is 0 Å². The topological polar surface area (TPSA) is 106 Å². The van der Waals surface area contributed by atoms with Crippen LogP contribution in [0.1, 0.15) is 57.4 Å². The Kier molecular flexibility index (Phi) is 6.49. The molecule has 0 bridgehead atoms. The first-order valence-electron chi connectivity index (χ1n) is 14.0. The maximum absolute atomic E-state index is 13.5. The van der Waals surface area contributed by atoms with Crippen LogP contribution < -0.4 is 11.1 Å². The SMILES string of the molecule is C=C(C)C(=O)Nc1ccc(-c2c(C3=CC[C@H](C(=O)N4CCC[C@H]4C4CC4)CC3)c3c(N)ncnc3n2C)cc1. The van der Waals surface area contributed by atoms with Crippen molar-refractivity contribution in [3.8, 4) is 11.3 Å². The molecular weight excluding hydrogens is 488 g/mol. The van der Waals surface area contributed by atoms with Crippen LogP contribution in [0.4, 0.5) is 11.5 Å². The highest BCUT2D eigenvalue weighted by Gasteiger charge is 2.41. The quantitative estimate of drug-likeness (QED) is 0.425. The van der Waals surface area contributed by atoms with Gasteiger partial charge in [0.2, 0.25) is 5.91 Å². The van der Waals surface area contributed by atoms with Gasteiger partial charge in [-0.15, -0.1) is 0 Å². The van der Waals surface area contributed by atoms with Gasteiger partial charge in [0.15, 0.2) is 0 Å². The number of aromatic nitrogens is 3. The Hall–Kier alpha value is -3.94. The van der Waals surface area contributed by atoms with E-state index in [4.69, 9.17) is 5.73 Å². The van der Waals surface area contributed by atoms with Gasteiger partial charge in [0.1, 0.15) is 17.8 Å². The van der Waals surface area contributed by atoms with Crippen LogP contribution in [0, 0.1) is 11.8 Å². The molecule has 1 saturated heterocycles. The average Bonchev–Trinajstić information content (AvgIpc) is 3.59. The first-order valence-corrected chi connectivity index (χ1v) is 14.0. The van der Waals surface area contributed by atoms with E-state index in [2.05, 4.69) is 37.4 Å². The van der Waals surface area contributed by atoms with Gasteiger partial charge in [-0.25, -0.2) is 9.97 Å². The third-order valence-electron chi connectivity index (χ3n) is 8.63. The van der Waals surface area contributed by atoms with Gasteiger partial charge in [-0.05, 0) is 81.1 Å². The molecule has 2 atom stereocenters. The van der Waals surface area contributed by atoms with Crippen molar-refractivity contribution in [2.24, 2.45) is 18.9 Å². The zero-order valence-electron chi connectivity index (χ0n) is 22.7. The summed E-state index contributed by atoms with van der Waals surface area (Å²) in [5.41, 5.74) is 12.6. The summed E-state index contributed by atoms with van der Waals surface area (Å²) >= 11 is 0. The largest absolute Gasteiger partial charge is 0.383 e. The summed E-state index contributed by atoms with van der Waals surface area (Å²) in [5.74, 6) is 1.35. The molecule has 0 radical (unpaired) electrons. The number of nitrogens with one attached hydrogen (secondary N) is 1. The predicted molar refractivity (Wildman–Crippen MR) is 155 cm³/mol. The van der Waals surface area contributed by atoms with Crippen LogP contribution in [-0.4, -0.2) is 43.8 Å². The molecule has 1 saturated carbocycles. The second-order valence-electron chi connectivity index (χ2n) is 11.3. The Morgan fingerprint density at radius 1 is 1.10 bits per heavy atom. The average molecular weight is 525 g/mol. The highest BCUT2D eigenvalue weighted by Crippen LogP contribution is 2.44. The molecule has 3 aromatic rings. The maximum Gasteiger partial charge on any atom is 0.250 e. The summed E-state index contributed by atoms with van der Waals surface area (Å²) in [6.07, 6.45) is 10.9. The smallest absolute Gasteiger partial charge is 0.250 e. The number of nitrogen functional groups attached to an aromatic ring is 1. The van der Waals surface area contributed by atoms with Crippen LogP contribution in [0.3, 0.4) is 0 Å². The Morgan fingerprint density at radius 3 is 2.54 bits per heavy atom. The van der Waals surface area contributed by atoms with E-state index in [1.807, 2.05) is 31.3 Å². The van der Waals surface area contributed by atoms with E-state index in [-0.39, 0.29) is 11.8 Å². The van der Waals surface area contributed by atoms with Gasteiger partial charge in [-0.2, -0.15) is 0 Å². The van der Waals surface area contributed by atoms with Crippen LogP contribution in [-0.2, 0) is 16.6 Å². The minimum absolute atomic E-state index is 0.0383. The molecule has 2 aliphatic carbocycles. The fraction of sp³-hybridized carbons (Fsp3) is 0.419. The number of benzene rings is 1. The van der Waals surface area contributed by atoms with Crippen molar-refractivity contribution < 1.29 is 9.59 Å². The van der Waals surface area contributed by atoms with E-state index >= 15 is 0 Å². The van der Waals surface area contributed by atoms with Gasteiger partial charge in [0.25, 0.3) is 5.91 Å². The second-order valence-corrected chi connectivity index (χ2v) is 11.3. The van der Waals surface area contributed by atoms with Gasteiger partial charge in [0.05, 0.1) is 11.1 Å². The van der Waals surface area contributed by atoms with E-state index in [1.165, 1.54) is 31.2 Å². The molecule has 39 heavy (non-hydrogen) atoms. The van der Waals surface area contributed by atoms with Crippen LogP contribution >= 0.6 is 0 Å². The van der Waals surface area contributed by atoms with E-state index in [1.54, 1.807) is 6.92 Å². The molecule has 3 N–H and O–H groups in total. The standard InChI is InChI=1S/C31H36N6O2/c1-18(2)30(38)35-23-14-12-21(13-15-23)27-25(26-28(32)33-17-34-29(26)36(27)3)20-8-10-22(11-9-20)31(39)37-16-4-5-24(37)19-6-7-19/h8,12-15,17,19,22,24H,1,4-7,9-11,16H2,2-3H3,(H,35,38)(H2,32,33,34)/t22-,24-/m0/s1. The van der Waals surface area contributed by atoms with Crippen molar-refractivity contribution >= 4 is 39.9 Å². The van der Waals surface area contributed by atoms with Crippen molar-refractivity contribution in [1.29, 1.82) is 0 Å². The van der Waals surface area contributed by atoms with E-state index < -0.39 is 0 Å². The number of allylic oxidation sites excluding steroid dienone is 2. The summed E-state index contributed by atoms with van der Waals surface area (Å²) in [6, 6.07) is 8.24. The number of hydrogen-bond acceptors (Lipinski definition) is 5. The summed E-state index contributed by atoms with van der Waals surface area (Å²) in [6.45, 7) is 6.30. The molecular formula is C31H36N6O2. The fourth-order valence-electron chi connectivity index (χ4n) is 6.43. The summed E-state index contributed by atoms with van der Waals surface area (Å²) in [4.78, 5) is 36.7. The lowest BCUT2D eigenvalue weighted by Gasteiger charge is -2.30. The number of fused-ring (bicyclic) bond motifs is 1. The lowest BCUT2D eigenvalue weighted by atomic mass is 9.84. The number of hydrogen-bond donors (Lipinski definition) is 2. The number of carbonyl (C=O) groups excluding carboxylic acids is 2. The lowest BCUT2D eigenvalue weighted by Crippen LogP contribution is -2.41. The van der Waals surface area contributed by atoms with Crippen LogP contribution in [0.25, 0.3) is 27.9 Å². The molecule has 3 aliphatic rings. The first kappa shape index (κ1) is 25.3. The molecule has 2 fully saturated rings. The molecule has 0 unspecified atom stereocenters. The van der Waals surface area contributed by atoms with Gasteiger partial charge in [-0.3, -0.25) is 9.59 Å². The van der Waals surface area contributed by atoms with Crippen molar-refractivity contribution in [2.75, 3.05) is 17.6 Å². The number of nitrogens with two attached hydrogens (primary N) is 1. The van der Waals surface area contributed by atoms with E-state index in [0.29, 0.717) is 29.0 Å². The number of aryl methyl sites for hydroxylation is 1. The van der Waals surface area contributed by atoms with Gasteiger partial charge >= 0.3 is 0 Å². The Bertz CT molecular complexity index is 1500. The van der Waals surface area contributed by atoms with Crippen molar-refractivity contribution in [2.45, 2.75) is 57.9 Å². The zero-order chi connectivity index (χ0) is 27.3. The molecule has 202 valence electrons. The molecule has 3 heterocycles. The lowest BCUT2D eigenvalue weighted by molar-refractivity contribution is -0.137. The molecule has 8 nitrogen and oxygen atoms in total. The van der Waals surface area contributed by atoms with E-state index in [0.717, 1.165) is 66.0 Å². The first-order chi connectivity index (χ1) is 18.8. The number of anilines is 2. The third-order valence-corrected chi connectivity index (χ3v) is 8.63. The Balaban J connectivity index is 1.33. The molecule has 2 amide bonds. The second kappa shape index (κ2) is 9.98. The van der Waals surface area contributed by atoms with Gasteiger partial charge in [-0.1, -0.05) is 24.8 Å². The third kappa shape index (κ3) is 4.62. The monoisotopic (exact) mass is 524 g/mol. The molecule has 1 aliphatic heterocycles. The van der Waals surface area contributed by atoms with E-state index in [9.17, 15) is 9.59 Å². The molecule has 0 spiro atoms. The number of amides is 2. The summed E-state index contributed by atoms with van der Waals surface area (Å²) in [5, 5.41) is 3.71. The van der Waals surface area contributed by atoms with Crippen LogP contribution in [0.2, 0.25) is 0 Å². The number of carbonyl (C=O) groups is 2. The zero-order valence-corrected chi connectivity index (χ0v) is 22.7. The van der Waals surface area contributed by atoms with Gasteiger partial charge < -0.3 is 20.5 Å². The molecule has 1 aromatic carbocycles. The summed E-state index contributed by atoms with van der Waals surface area (Å²) < 4.78 is 2.06. The fourth-order valence-corrected chi connectivity index (χ4v) is 6.43. The number of rotatable bonds is 6. The molecule has 8 heteroatoms. The summed E-state index contributed by atoms with van der Waals surface area (Å²) in [7, 11) is 1.99. The van der Waals surface area contributed by atoms with Crippen molar-refractivity contribution in [1.82, 2.24) is 19.4 Å².